The third-order valence-electron chi connectivity index (χ3n) is 4.29. The number of alkyl halides is 6. The number of rotatable bonds is 4. The fourth-order valence-corrected chi connectivity index (χ4v) is 2.76. The fraction of sp³-hybridized carbons (Fsp3) is 0.100. The number of nitrogen functional groups attached to an aromatic ring is 2. The summed E-state index contributed by atoms with van der Waals surface area (Å²) in [6, 6.07) is 0.595. The molecular weight excluding hydrogens is 509 g/mol. The van der Waals surface area contributed by atoms with Gasteiger partial charge in [-0.1, -0.05) is 0 Å². The molecule has 0 bridgehead atoms. The molecular formula is C20H9F11N2O2. The standard InChI is InChI=1S/C20H9F11N2O2/c21-10-1-6(3-12(32)14(10)23)34-17-8(19(26,27)28)5-9(20(29,30)31)18(16(17)25)35-7-2-11(22)15(24)13(33)4-7/h1-5H,32-33H2. The van der Waals surface area contributed by atoms with Gasteiger partial charge in [0.2, 0.25) is 5.82 Å². The van der Waals surface area contributed by atoms with E-state index in [1.807, 2.05) is 0 Å². The molecule has 0 aromatic heterocycles. The Morgan fingerprint density at radius 3 is 1.14 bits per heavy atom. The summed E-state index contributed by atoms with van der Waals surface area (Å²) in [5.74, 6) is -15.0. The SMILES string of the molecule is Nc1cc(Oc2c(C(F)(F)F)cc(C(F)(F)F)c(Oc3cc(N)c(F)c(F)c3)c2F)cc(F)c1F. The van der Waals surface area contributed by atoms with Crippen LogP contribution in [0.1, 0.15) is 11.1 Å². The third kappa shape index (κ3) is 5.12. The quantitative estimate of drug-likeness (QED) is 0.284. The Morgan fingerprint density at radius 2 is 0.857 bits per heavy atom. The van der Waals surface area contributed by atoms with E-state index in [-0.39, 0.29) is 12.1 Å². The predicted octanol–water partition coefficient (Wildman–Crippen LogP) is 7.17. The van der Waals surface area contributed by atoms with Crippen LogP contribution in [0, 0.1) is 29.1 Å². The van der Waals surface area contributed by atoms with Crippen molar-refractivity contribution < 1.29 is 57.8 Å². The van der Waals surface area contributed by atoms with Gasteiger partial charge >= 0.3 is 12.4 Å². The molecule has 0 unspecified atom stereocenters. The maximum absolute atomic E-state index is 15.1. The van der Waals surface area contributed by atoms with E-state index >= 15 is 4.39 Å². The van der Waals surface area contributed by atoms with Gasteiger partial charge in [-0.15, -0.1) is 0 Å². The first-order chi connectivity index (χ1) is 16.0. The second-order valence-corrected chi connectivity index (χ2v) is 6.76. The molecule has 15 heteroatoms. The first-order valence-electron chi connectivity index (χ1n) is 8.86. The average Bonchev–Trinajstić information content (AvgIpc) is 2.71. The zero-order valence-electron chi connectivity index (χ0n) is 16.5. The molecule has 3 aromatic carbocycles. The van der Waals surface area contributed by atoms with Crippen LogP contribution in [-0.4, -0.2) is 0 Å². The first kappa shape index (κ1) is 25.7. The monoisotopic (exact) mass is 518 g/mol. The van der Waals surface area contributed by atoms with Gasteiger partial charge in [0.05, 0.1) is 11.4 Å². The first-order valence-corrected chi connectivity index (χ1v) is 8.86. The highest BCUT2D eigenvalue weighted by molar-refractivity contribution is 5.56. The highest BCUT2D eigenvalue weighted by atomic mass is 19.4. The second-order valence-electron chi connectivity index (χ2n) is 6.76. The molecule has 0 atom stereocenters. The molecule has 0 spiro atoms. The lowest BCUT2D eigenvalue weighted by Crippen LogP contribution is -2.15. The molecule has 188 valence electrons. The van der Waals surface area contributed by atoms with Gasteiger partial charge in [0.25, 0.3) is 0 Å². The van der Waals surface area contributed by atoms with Crippen LogP contribution >= 0.6 is 0 Å². The van der Waals surface area contributed by atoms with Crippen molar-refractivity contribution in [2.75, 3.05) is 11.5 Å². The van der Waals surface area contributed by atoms with E-state index in [0.29, 0.717) is 12.1 Å². The highest BCUT2D eigenvalue weighted by Crippen LogP contribution is 2.49. The second kappa shape index (κ2) is 8.70. The van der Waals surface area contributed by atoms with Crippen LogP contribution in [0.15, 0.2) is 30.3 Å². The summed E-state index contributed by atoms with van der Waals surface area (Å²) in [6.07, 6.45) is -11.3. The van der Waals surface area contributed by atoms with Crippen molar-refractivity contribution in [3.8, 4) is 23.0 Å². The number of nitrogens with two attached hydrogens (primary N) is 2. The minimum absolute atomic E-state index is 0.152. The molecule has 3 aromatic rings. The summed E-state index contributed by atoms with van der Waals surface area (Å²) in [5, 5.41) is 0. The number of hydrogen-bond acceptors (Lipinski definition) is 4. The van der Waals surface area contributed by atoms with Crippen molar-refractivity contribution in [1.29, 1.82) is 0 Å². The number of hydrogen-bond donors (Lipinski definition) is 2. The van der Waals surface area contributed by atoms with Gasteiger partial charge < -0.3 is 20.9 Å². The maximum atomic E-state index is 15.1. The topological polar surface area (TPSA) is 70.5 Å². The number of halogens is 11. The average molecular weight is 518 g/mol. The molecule has 0 heterocycles. The molecule has 0 aliphatic carbocycles. The van der Waals surface area contributed by atoms with Gasteiger partial charge in [-0.3, -0.25) is 0 Å². The summed E-state index contributed by atoms with van der Waals surface area (Å²) in [6.45, 7) is 0. The van der Waals surface area contributed by atoms with E-state index in [1.54, 1.807) is 0 Å². The molecule has 35 heavy (non-hydrogen) atoms. The Labute approximate surface area is 187 Å². The Balaban J connectivity index is 2.28. The van der Waals surface area contributed by atoms with E-state index in [9.17, 15) is 43.9 Å². The molecule has 0 aliphatic heterocycles. The Hall–Kier alpha value is -3.91. The van der Waals surface area contributed by atoms with Crippen LogP contribution in [0.5, 0.6) is 23.0 Å². The molecule has 4 N–H and O–H groups in total. The van der Waals surface area contributed by atoms with Crippen LogP contribution in [0.2, 0.25) is 0 Å². The van der Waals surface area contributed by atoms with E-state index in [1.165, 1.54) is 0 Å². The molecule has 0 radical (unpaired) electrons. The van der Waals surface area contributed by atoms with Crippen LogP contribution in [0.3, 0.4) is 0 Å². The molecule has 0 saturated carbocycles. The maximum Gasteiger partial charge on any atom is 0.420 e. The van der Waals surface area contributed by atoms with Crippen molar-refractivity contribution in [3.05, 3.63) is 70.5 Å². The Morgan fingerprint density at radius 1 is 0.514 bits per heavy atom. The third-order valence-corrected chi connectivity index (χ3v) is 4.29. The van der Waals surface area contributed by atoms with Crippen molar-refractivity contribution in [2.45, 2.75) is 12.4 Å². The predicted molar refractivity (Wildman–Crippen MR) is 98.1 cm³/mol. The van der Waals surface area contributed by atoms with Crippen molar-refractivity contribution in [2.24, 2.45) is 0 Å². The number of anilines is 2. The van der Waals surface area contributed by atoms with Crippen molar-refractivity contribution in [3.63, 3.8) is 0 Å². The van der Waals surface area contributed by atoms with Crippen molar-refractivity contribution in [1.82, 2.24) is 0 Å². The zero-order valence-corrected chi connectivity index (χ0v) is 16.5. The molecule has 0 amide bonds. The summed E-state index contributed by atoms with van der Waals surface area (Å²) in [5.41, 5.74) is 3.67. The van der Waals surface area contributed by atoms with Gasteiger partial charge in [-0.2, -0.15) is 30.7 Å². The minimum Gasteiger partial charge on any atom is -0.453 e. The summed E-state index contributed by atoms with van der Waals surface area (Å²) in [7, 11) is 0. The van der Waals surface area contributed by atoms with Crippen LogP contribution in [0.25, 0.3) is 0 Å². The van der Waals surface area contributed by atoms with Gasteiger partial charge in [0.15, 0.2) is 34.8 Å². The molecule has 3 rings (SSSR count). The Bertz CT molecular complexity index is 1160. The minimum atomic E-state index is -5.66. The molecule has 4 nitrogen and oxygen atoms in total. The van der Waals surface area contributed by atoms with E-state index in [2.05, 4.69) is 9.47 Å². The van der Waals surface area contributed by atoms with Gasteiger partial charge in [-0.05, 0) is 6.07 Å². The van der Waals surface area contributed by atoms with E-state index < -0.39 is 93.0 Å². The molecule has 0 saturated heterocycles. The van der Waals surface area contributed by atoms with E-state index in [4.69, 9.17) is 11.5 Å². The molecule has 0 aliphatic rings. The summed E-state index contributed by atoms with van der Waals surface area (Å²) >= 11 is 0. The van der Waals surface area contributed by atoms with Crippen LogP contribution < -0.4 is 20.9 Å². The number of benzene rings is 3. The summed E-state index contributed by atoms with van der Waals surface area (Å²) in [4.78, 5) is 0. The summed E-state index contributed by atoms with van der Waals surface area (Å²) < 4.78 is 159. The van der Waals surface area contributed by atoms with Gasteiger partial charge in [0.1, 0.15) is 22.6 Å². The van der Waals surface area contributed by atoms with E-state index in [0.717, 1.165) is 0 Å². The van der Waals surface area contributed by atoms with Gasteiger partial charge in [0, 0.05) is 24.3 Å². The smallest absolute Gasteiger partial charge is 0.420 e. The fourth-order valence-electron chi connectivity index (χ4n) is 2.76. The lowest BCUT2D eigenvalue weighted by Gasteiger charge is -2.21. The van der Waals surface area contributed by atoms with Crippen LogP contribution in [-0.2, 0) is 12.4 Å². The lowest BCUT2D eigenvalue weighted by atomic mass is 10.1. The van der Waals surface area contributed by atoms with Gasteiger partial charge in [-0.25, -0.2) is 17.6 Å². The Kier molecular flexibility index (Phi) is 6.39. The zero-order chi connectivity index (χ0) is 26.5. The largest absolute Gasteiger partial charge is 0.453 e. The molecule has 0 fully saturated rings. The van der Waals surface area contributed by atoms with Crippen LogP contribution in [0.4, 0.5) is 59.7 Å². The van der Waals surface area contributed by atoms with Crippen molar-refractivity contribution >= 4 is 11.4 Å². The lowest BCUT2D eigenvalue weighted by molar-refractivity contribution is -0.144. The number of ether oxygens (including phenoxy) is 2. The highest BCUT2D eigenvalue weighted by Gasteiger charge is 2.44. The normalized spacial score (nSPS) is 12.1.